The lowest BCUT2D eigenvalue weighted by atomic mass is 10.2. The van der Waals surface area contributed by atoms with Crippen LogP contribution in [-0.2, 0) is 0 Å². The minimum absolute atomic E-state index is 0.0736. The van der Waals surface area contributed by atoms with Crippen molar-refractivity contribution < 1.29 is 8.78 Å². The van der Waals surface area contributed by atoms with Crippen LogP contribution < -0.4 is 0 Å². The summed E-state index contributed by atoms with van der Waals surface area (Å²) in [5.41, 5.74) is 0.441. The average Bonchev–Trinajstić information content (AvgIpc) is 2.59. The monoisotopic (exact) mass is 327 g/mol. The molecule has 1 nitrogen and oxygen atoms in total. The van der Waals surface area contributed by atoms with E-state index in [1.54, 1.807) is 5.38 Å². The van der Waals surface area contributed by atoms with Crippen LogP contribution in [0.2, 0.25) is 0 Å². The standard InChI is InChI=1S/C7HBr2F2NS/c8-3-2-1-13-12-7(2)4(9)6(11)5(3)10/h1H. The van der Waals surface area contributed by atoms with Gasteiger partial charge in [-0.15, -0.1) is 0 Å². The first-order chi connectivity index (χ1) is 6.13. The summed E-state index contributed by atoms with van der Waals surface area (Å²) in [5.74, 6) is -1.80. The summed E-state index contributed by atoms with van der Waals surface area (Å²) in [6.07, 6.45) is 0. The van der Waals surface area contributed by atoms with Gasteiger partial charge in [-0.05, 0) is 43.4 Å². The van der Waals surface area contributed by atoms with Gasteiger partial charge in [-0.25, -0.2) is 8.78 Å². The number of rotatable bonds is 0. The number of fused-ring (bicyclic) bond motifs is 1. The van der Waals surface area contributed by atoms with Gasteiger partial charge >= 0.3 is 0 Å². The first-order valence-electron chi connectivity index (χ1n) is 3.19. The molecule has 0 bridgehead atoms. The fourth-order valence-corrected chi connectivity index (χ4v) is 2.87. The number of hydrogen-bond acceptors (Lipinski definition) is 2. The molecular weight excluding hydrogens is 328 g/mol. The molecule has 1 heterocycles. The quantitative estimate of drug-likeness (QED) is 0.524. The second-order valence-corrected chi connectivity index (χ2v) is 4.55. The second-order valence-electron chi connectivity index (χ2n) is 2.33. The molecular formula is C7HBr2F2NS. The van der Waals surface area contributed by atoms with E-state index in [0.717, 1.165) is 11.5 Å². The molecule has 1 aromatic carbocycles. The fraction of sp³-hybridized carbons (Fsp3) is 0. The topological polar surface area (TPSA) is 12.9 Å². The summed E-state index contributed by atoms with van der Waals surface area (Å²) in [6.45, 7) is 0. The van der Waals surface area contributed by atoms with E-state index in [2.05, 4.69) is 36.2 Å². The van der Waals surface area contributed by atoms with E-state index < -0.39 is 11.6 Å². The molecule has 0 saturated heterocycles. The molecule has 0 unspecified atom stereocenters. The van der Waals surface area contributed by atoms with Gasteiger partial charge in [0.25, 0.3) is 0 Å². The average molecular weight is 329 g/mol. The third-order valence-corrected chi connectivity index (χ3v) is 3.72. The van der Waals surface area contributed by atoms with Gasteiger partial charge in [0.05, 0.1) is 8.95 Å². The zero-order chi connectivity index (χ0) is 9.59. The van der Waals surface area contributed by atoms with Crippen molar-refractivity contribution >= 4 is 54.3 Å². The van der Waals surface area contributed by atoms with Crippen molar-refractivity contribution in [2.24, 2.45) is 0 Å². The van der Waals surface area contributed by atoms with Crippen LogP contribution in [0.3, 0.4) is 0 Å². The van der Waals surface area contributed by atoms with Crippen LogP contribution in [0.25, 0.3) is 10.9 Å². The molecule has 0 fully saturated rings. The third-order valence-electron chi connectivity index (χ3n) is 1.59. The maximum absolute atomic E-state index is 13.1. The lowest BCUT2D eigenvalue weighted by Crippen LogP contribution is -1.89. The summed E-state index contributed by atoms with van der Waals surface area (Å²) < 4.78 is 30.4. The summed E-state index contributed by atoms with van der Waals surface area (Å²) in [5, 5.41) is 2.24. The minimum Gasteiger partial charge on any atom is -0.202 e. The van der Waals surface area contributed by atoms with Gasteiger partial charge in [0, 0.05) is 10.8 Å². The molecule has 0 spiro atoms. The fourth-order valence-electron chi connectivity index (χ4n) is 0.966. The molecule has 2 aromatic rings. The zero-order valence-electron chi connectivity index (χ0n) is 5.94. The van der Waals surface area contributed by atoms with Gasteiger partial charge < -0.3 is 0 Å². The SMILES string of the molecule is Fc1c(F)c(Br)c2nscc2c1Br. The molecule has 13 heavy (non-hydrogen) atoms. The van der Waals surface area contributed by atoms with Gasteiger partial charge in [-0.2, -0.15) is 4.37 Å². The molecule has 0 aliphatic rings. The van der Waals surface area contributed by atoms with Crippen molar-refractivity contribution in [3.8, 4) is 0 Å². The summed E-state index contributed by atoms with van der Waals surface area (Å²) in [4.78, 5) is 0. The Hall–Kier alpha value is -0.0700. The Balaban J connectivity index is 3.02. The van der Waals surface area contributed by atoms with Crippen molar-refractivity contribution in [3.63, 3.8) is 0 Å². The molecule has 0 aliphatic heterocycles. The Morgan fingerprint density at radius 2 is 1.77 bits per heavy atom. The smallest absolute Gasteiger partial charge is 0.176 e. The Labute approximate surface area is 93.2 Å². The van der Waals surface area contributed by atoms with E-state index >= 15 is 0 Å². The van der Waals surface area contributed by atoms with E-state index in [1.807, 2.05) is 0 Å². The zero-order valence-corrected chi connectivity index (χ0v) is 9.93. The van der Waals surface area contributed by atoms with Crippen LogP contribution in [0.15, 0.2) is 14.3 Å². The van der Waals surface area contributed by atoms with Gasteiger partial charge in [-0.3, -0.25) is 0 Å². The van der Waals surface area contributed by atoms with Crippen LogP contribution in [0.1, 0.15) is 0 Å². The molecule has 2 rings (SSSR count). The van der Waals surface area contributed by atoms with Crippen molar-refractivity contribution in [3.05, 3.63) is 26.0 Å². The van der Waals surface area contributed by atoms with Crippen molar-refractivity contribution in [1.82, 2.24) is 4.37 Å². The number of hydrogen-bond donors (Lipinski definition) is 0. The van der Waals surface area contributed by atoms with Gasteiger partial charge in [0.1, 0.15) is 5.52 Å². The highest BCUT2D eigenvalue weighted by atomic mass is 79.9. The van der Waals surface area contributed by atoms with Crippen LogP contribution in [0, 0.1) is 11.6 Å². The minimum atomic E-state index is -0.912. The third kappa shape index (κ3) is 1.31. The largest absolute Gasteiger partial charge is 0.202 e. The van der Waals surface area contributed by atoms with Crippen LogP contribution in [-0.4, -0.2) is 4.37 Å². The summed E-state index contributed by atoms with van der Waals surface area (Å²) in [6, 6.07) is 0. The van der Waals surface area contributed by atoms with E-state index in [4.69, 9.17) is 0 Å². The van der Waals surface area contributed by atoms with Crippen LogP contribution in [0.4, 0.5) is 8.78 Å². The second kappa shape index (κ2) is 3.25. The number of aromatic nitrogens is 1. The van der Waals surface area contributed by atoms with Crippen molar-refractivity contribution in [2.75, 3.05) is 0 Å². The van der Waals surface area contributed by atoms with E-state index in [-0.39, 0.29) is 8.95 Å². The molecule has 0 aliphatic carbocycles. The first kappa shape index (κ1) is 9.48. The predicted molar refractivity (Wildman–Crippen MR) is 54.9 cm³/mol. The summed E-state index contributed by atoms with van der Waals surface area (Å²) >= 11 is 7.08. The molecule has 0 amide bonds. The number of benzene rings is 1. The van der Waals surface area contributed by atoms with Crippen LogP contribution >= 0.6 is 43.4 Å². The lowest BCUT2D eigenvalue weighted by molar-refractivity contribution is 0.502. The number of halogens is 4. The van der Waals surface area contributed by atoms with E-state index in [0.29, 0.717) is 10.9 Å². The number of nitrogens with zero attached hydrogens (tertiary/aromatic N) is 1. The molecule has 0 atom stereocenters. The Morgan fingerprint density at radius 1 is 1.15 bits per heavy atom. The molecule has 6 heteroatoms. The van der Waals surface area contributed by atoms with Gasteiger partial charge in [0.2, 0.25) is 0 Å². The Bertz CT molecular complexity index is 441. The highest BCUT2D eigenvalue weighted by Crippen LogP contribution is 2.35. The lowest BCUT2D eigenvalue weighted by Gasteiger charge is -2.00. The molecule has 1 aromatic heterocycles. The van der Waals surface area contributed by atoms with E-state index in [9.17, 15) is 8.78 Å². The van der Waals surface area contributed by atoms with Crippen molar-refractivity contribution in [1.29, 1.82) is 0 Å². The highest BCUT2D eigenvalue weighted by Gasteiger charge is 2.18. The predicted octanol–water partition coefficient (Wildman–Crippen LogP) is 4.10. The molecule has 68 valence electrons. The van der Waals surface area contributed by atoms with Crippen LogP contribution in [0.5, 0.6) is 0 Å². The Kier molecular flexibility index (Phi) is 2.37. The molecule has 0 radical (unpaired) electrons. The normalized spacial score (nSPS) is 11.1. The van der Waals surface area contributed by atoms with Gasteiger partial charge in [0.15, 0.2) is 11.6 Å². The maximum atomic E-state index is 13.1. The van der Waals surface area contributed by atoms with E-state index in [1.165, 1.54) is 0 Å². The molecule has 0 saturated carbocycles. The Morgan fingerprint density at radius 3 is 2.46 bits per heavy atom. The molecule has 0 N–H and O–H groups in total. The van der Waals surface area contributed by atoms with Crippen molar-refractivity contribution in [2.45, 2.75) is 0 Å². The van der Waals surface area contributed by atoms with Gasteiger partial charge in [-0.1, -0.05) is 0 Å². The highest BCUT2D eigenvalue weighted by molar-refractivity contribution is 9.11. The summed E-state index contributed by atoms with van der Waals surface area (Å²) in [7, 11) is 0. The maximum Gasteiger partial charge on any atom is 0.176 e. The first-order valence-corrected chi connectivity index (χ1v) is 5.61.